The van der Waals surface area contributed by atoms with E-state index in [0.29, 0.717) is 24.2 Å². The fraction of sp³-hybridized carbons (Fsp3) is 0.348. The van der Waals surface area contributed by atoms with E-state index < -0.39 is 23.1 Å². The Hall–Kier alpha value is -3.22. The van der Waals surface area contributed by atoms with Crippen LogP contribution in [-0.2, 0) is 24.7 Å². The SMILES string of the molecule is COC(=O)CCC(=O)C1=C(O)c2ccc(-c3ccc(F)cc3)n2C2(CCCC2)C1=O. The highest BCUT2D eigenvalue weighted by molar-refractivity contribution is 6.28. The molecule has 6 nitrogen and oxygen atoms in total. The molecule has 7 heteroatoms. The van der Waals surface area contributed by atoms with Crippen molar-refractivity contribution in [2.45, 2.75) is 44.1 Å². The van der Waals surface area contributed by atoms with Gasteiger partial charge in [-0.3, -0.25) is 14.4 Å². The van der Waals surface area contributed by atoms with E-state index in [9.17, 15) is 23.9 Å². The first-order chi connectivity index (χ1) is 14.4. The topological polar surface area (TPSA) is 85.6 Å². The number of aliphatic hydroxyl groups excluding tert-OH is 1. The largest absolute Gasteiger partial charge is 0.505 e. The minimum absolute atomic E-state index is 0.158. The third kappa shape index (κ3) is 3.05. The molecule has 2 heterocycles. The van der Waals surface area contributed by atoms with Gasteiger partial charge in [-0.1, -0.05) is 12.8 Å². The summed E-state index contributed by atoms with van der Waals surface area (Å²) in [6.07, 6.45) is 2.35. The molecule has 0 amide bonds. The molecule has 2 aliphatic rings. The van der Waals surface area contributed by atoms with Gasteiger partial charge in [0.1, 0.15) is 16.9 Å². The zero-order chi connectivity index (χ0) is 21.5. The first-order valence-electron chi connectivity index (χ1n) is 9.95. The second kappa shape index (κ2) is 7.55. The fourth-order valence-corrected chi connectivity index (χ4v) is 4.61. The lowest BCUT2D eigenvalue weighted by atomic mass is 9.80. The monoisotopic (exact) mass is 411 g/mol. The quantitative estimate of drug-likeness (QED) is 0.595. The van der Waals surface area contributed by atoms with Gasteiger partial charge in [-0.2, -0.15) is 0 Å². The summed E-state index contributed by atoms with van der Waals surface area (Å²) < 4.78 is 19.8. The zero-order valence-electron chi connectivity index (χ0n) is 16.6. The summed E-state index contributed by atoms with van der Waals surface area (Å²) in [7, 11) is 1.23. The Morgan fingerprint density at radius 1 is 1.07 bits per heavy atom. The summed E-state index contributed by atoms with van der Waals surface area (Å²) in [5.41, 5.74) is 0.586. The van der Waals surface area contributed by atoms with Gasteiger partial charge in [-0.05, 0) is 54.8 Å². The van der Waals surface area contributed by atoms with Gasteiger partial charge in [0, 0.05) is 12.1 Å². The van der Waals surface area contributed by atoms with Crippen LogP contribution in [0.25, 0.3) is 17.0 Å². The van der Waals surface area contributed by atoms with Gasteiger partial charge in [0.2, 0.25) is 0 Å². The van der Waals surface area contributed by atoms with E-state index in [1.807, 2.05) is 4.57 Å². The number of hydrogen-bond donors (Lipinski definition) is 1. The number of methoxy groups -OCH3 is 1. The van der Waals surface area contributed by atoms with Crippen LogP contribution in [0.3, 0.4) is 0 Å². The third-order valence-electron chi connectivity index (χ3n) is 6.07. The van der Waals surface area contributed by atoms with Gasteiger partial charge in [-0.25, -0.2) is 4.39 Å². The molecule has 1 fully saturated rings. The maximum absolute atomic E-state index is 13.6. The predicted octanol–water partition coefficient (Wildman–Crippen LogP) is 3.94. The van der Waals surface area contributed by atoms with Crippen LogP contribution < -0.4 is 0 Å². The Morgan fingerprint density at radius 2 is 1.70 bits per heavy atom. The number of Topliss-reactive ketones (excluding diaryl/α,β-unsaturated/α-hetero) is 2. The molecule has 1 aromatic carbocycles. The van der Waals surface area contributed by atoms with Crippen molar-refractivity contribution in [1.29, 1.82) is 0 Å². The van der Waals surface area contributed by atoms with Crippen LogP contribution in [0.15, 0.2) is 42.0 Å². The summed E-state index contributed by atoms with van der Waals surface area (Å²) >= 11 is 0. The van der Waals surface area contributed by atoms with Gasteiger partial charge < -0.3 is 14.4 Å². The summed E-state index contributed by atoms with van der Waals surface area (Å²) in [6, 6.07) is 9.39. The van der Waals surface area contributed by atoms with Crippen LogP contribution in [-0.4, -0.2) is 34.3 Å². The van der Waals surface area contributed by atoms with Gasteiger partial charge in [0.25, 0.3) is 0 Å². The minimum Gasteiger partial charge on any atom is -0.505 e. The van der Waals surface area contributed by atoms with Gasteiger partial charge in [0.15, 0.2) is 17.3 Å². The van der Waals surface area contributed by atoms with Crippen molar-refractivity contribution in [3.63, 3.8) is 0 Å². The molecule has 30 heavy (non-hydrogen) atoms. The molecule has 2 aromatic rings. The Morgan fingerprint density at radius 3 is 2.33 bits per heavy atom. The standard InChI is InChI=1S/C23H22FNO5/c1-30-19(27)11-10-18(26)20-21(28)17-9-8-16(14-4-6-15(24)7-5-14)25(17)23(22(20)29)12-2-3-13-23/h4-9,28H,2-3,10-13H2,1H3. The number of ketones is 2. The minimum atomic E-state index is -0.967. The van der Waals surface area contributed by atoms with E-state index in [0.717, 1.165) is 18.4 Å². The van der Waals surface area contributed by atoms with Crippen molar-refractivity contribution < 1.29 is 28.6 Å². The fourth-order valence-electron chi connectivity index (χ4n) is 4.61. The smallest absolute Gasteiger partial charge is 0.305 e. The first kappa shape index (κ1) is 20.1. The number of benzene rings is 1. The predicted molar refractivity (Wildman–Crippen MR) is 107 cm³/mol. The summed E-state index contributed by atoms with van der Waals surface area (Å²) in [4.78, 5) is 37.8. The number of ether oxygens (including phenoxy) is 1. The van der Waals surface area contributed by atoms with Crippen LogP contribution in [0.1, 0.15) is 44.2 Å². The van der Waals surface area contributed by atoms with Crippen LogP contribution in [0, 0.1) is 5.82 Å². The maximum atomic E-state index is 13.6. The number of carbonyl (C=O) groups excluding carboxylic acids is 3. The second-order valence-corrected chi connectivity index (χ2v) is 7.74. The molecule has 1 N–H and O–H groups in total. The molecule has 1 aliphatic heterocycles. The van der Waals surface area contributed by atoms with E-state index in [1.54, 1.807) is 24.3 Å². The lowest BCUT2D eigenvalue weighted by Gasteiger charge is -2.37. The number of halogens is 1. The van der Waals surface area contributed by atoms with Crippen molar-refractivity contribution in [3.8, 4) is 11.3 Å². The molecule has 1 saturated carbocycles. The number of nitrogens with zero attached hydrogens (tertiary/aromatic N) is 1. The number of esters is 1. The van der Waals surface area contributed by atoms with Crippen LogP contribution in [0.2, 0.25) is 0 Å². The number of fused-ring (bicyclic) bond motifs is 2. The molecule has 0 unspecified atom stereocenters. The molecule has 156 valence electrons. The molecule has 0 bridgehead atoms. The zero-order valence-corrected chi connectivity index (χ0v) is 16.6. The average molecular weight is 411 g/mol. The van der Waals surface area contributed by atoms with E-state index in [1.165, 1.54) is 19.2 Å². The van der Waals surface area contributed by atoms with Crippen LogP contribution in [0.4, 0.5) is 4.39 Å². The first-order valence-corrected chi connectivity index (χ1v) is 9.95. The molecule has 0 radical (unpaired) electrons. The molecular formula is C23H22FNO5. The highest BCUT2D eigenvalue weighted by Crippen LogP contribution is 2.48. The van der Waals surface area contributed by atoms with E-state index in [-0.39, 0.29) is 30.0 Å². The Bertz CT molecular complexity index is 1060. The second-order valence-electron chi connectivity index (χ2n) is 7.74. The Labute approximate surface area is 173 Å². The van der Waals surface area contributed by atoms with E-state index >= 15 is 0 Å². The van der Waals surface area contributed by atoms with Crippen LogP contribution in [0.5, 0.6) is 0 Å². The van der Waals surface area contributed by atoms with Crippen molar-refractivity contribution in [2.75, 3.05) is 7.11 Å². The van der Waals surface area contributed by atoms with Gasteiger partial charge in [-0.15, -0.1) is 0 Å². The van der Waals surface area contributed by atoms with Crippen molar-refractivity contribution in [3.05, 3.63) is 53.5 Å². The Balaban J connectivity index is 1.84. The molecule has 1 spiro atoms. The molecule has 0 saturated heterocycles. The third-order valence-corrected chi connectivity index (χ3v) is 6.07. The summed E-state index contributed by atoms with van der Waals surface area (Å²) in [6.45, 7) is 0. The Kier molecular flexibility index (Phi) is 5.05. The highest BCUT2D eigenvalue weighted by atomic mass is 19.1. The van der Waals surface area contributed by atoms with Crippen molar-refractivity contribution >= 4 is 23.3 Å². The molecule has 4 rings (SSSR count). The highest BCUT2D eigenvalue weighted by Gasteiger charge is 2.51. The molecule has 1 aromatic heterocycles. The average Bonchev–Trinajstić information content (AvgIpc) is 3.40. The van der Waals surface area contributed by atoms with Gasteiger partial charge in [0.05, 0.1) is 19.2 Å². The number of aliphatic hydroxyl groups is 1. The van der Waals surface area contributed by atoms with Crippen molar-refractivity contribution in [2.24, 2.45) is 0 Å². The van der Waals surface area contributed by atoms with E-state index in [4.69, 9.17) is 0 Å². The summed E-state index contributed by atoms with van der Waals surface area (Å²) in [5, 5.41) is 10.9. The lowest BCUT2D eigenvalue weighted by Crippen LogP contribution is -2.46. The number of allylic oxidation sites excluding steroid dienone is 1. The lowest BCUT2D eigenvalue weighted by molar-refractivity contribution is -0.142. The van der Waals surface area contributed by atoms with Crippen LogP contribution >= 0.6 is 0 Å². The molecular weight excluding hydrogens is 389 g/mol. The number of carbonyl (C=O) groups is 3. The number of rotatable bonds is 5. The number of hydrogen-bond acceptors (Lipinski definition) is 5. The summed E-state index contributed by atoms with van der Waals surface area (Å²) in [5.74, 6) is -2.27. The molecule has 1 aliphatic carbocycles. The normalized spacial score (nSPS) is 17.3. The number of aromatic nitrogens is 1. The molecule has 0 atom stereocenters. The maximum Gasteiger partial charge on any atom is 0.305 e. The van der Waals surface area contributed by atoms with Gasteiger partial charge >= 0.3 is 5.97 Å². The van der Waals surface area contributed by atoms with E-state index in [2.05, 4.69) is 4.74 Å². The van der Waals surface area contributed by atoms with Crippen molar-refractivity contribution in [1.82, 2.24) is 4.57 Å².